The van der Waals surface area contributed by atoms with Crippen molar-refractivity contribution >= 4 is 0 Å². The predicted octanol–water partition coefficient (Wildman–Crippen LogP) is 1.00. The van der Waals surface area contributed by atoms with Crippen LogP contribution in [0.25, 0.3) is 0 Å². The molecule has 2 aromatic rings. The number of nitrogens with two attached hydrogens (primary N) is 1. The molecule has 0 bridgehead atoms. The lowest BCUT2D eigenvalue weighted by atomic mass is 10.1. The molecule has 0 aliphatic carbocycles. The molecule has 0 spiro atoms. The zero-order chi connectivity index (χ0) is 10.8. The van der Waals surface area contributed by atoms with Crippen molar-refractivity contribution < 1.29 is 4.39 Å². The molecule has 2 rings (SSSR count). The highest BCUT2D eigenvalue weighted by Gasteiger charge is 2.13. The SMILES string of the molecule is Cn1ncnc1C(N)c1ccc(F)cc1. The summed E-state index contributed by atoms with van der Waals surface area (Å²) in [7, 11) is 1.77. The summed E-state index contributed by atoms with van der Waals surface area (Å²) in [6.07, 6.45) is 1.44. The van der Waals surface area contributed by atoms with Gasteiger partial charge in [-0.15, -0.1) is 0 Å². The molecule has 0 fully saturated rings. The van der Waals surface area contributed by atoms with Gasteiger partial charge in [0.2, 0.25) is 0 Å². The lowest BCUT2D eigenvalue weighted by Crippen LogP contribution is -2.17. The Morgan fingerprint density at radius 1 is 1.33 bits per heavy atom. The van der Waals surface area contributed by atoms with Gasteiger partial charge in [-0.2, -0.15) is 5.10 Å². The van der Waals surface area contributed by atoms with Gasteiger partial charge < -0.3 is 5.73 Å². The van der Waals surface area contributed by atoms with Crippen molar-refractivity contribution in [2.75, 3.05) is 0 Å². The number of rotatable bonds is 2. The number of aryl methyl sites for hydroxylation is 1. The fraction of sp³-hybridized carbons (Fsp3) is 0.200. The van der Waals surface area contributed by atoms with E-state index >= 15 is 0 Å². The van der Waals surface area contributed by atoms with Crippen LogP contribution in [0.3, 0.4) is 0 Å². The molecule has 0 aliphatic rings. The second kappa shape index (κ2) is 3.78. The van der Waals surface area contributed by atoms with Crippen LogP contribution in [-0.2, 0) is 7.05 Å². The van der Waals surface area contributed by atoms with Crippen molar-refractivity contribution in [1.82, 2.24) is 14.8 Å². The summed E-state index contributed by atoms with van der Waals surface area (Å²) in [5.41, 5.74) is 6.78. The number of nitrogens with zero attached hydrogens (tertiary/aromatic N) is 3. The van der Waals surface area contributed by atoms with E-state index in [-0.39, 0.29) is 11.9 Å². The summed E-state index contributed by atoms with van der Waals surface area (Å²) in [6, 6.07) is 5.68. The van der Waals surface area contributed by atoms with E-state index in [1.165, 1.54) is 18.5 Å². The summed E-state index contributed by atoms with van der Waals surface area (Å²) in [5.74, 6) is 0.380. The molecular weight excluding hydrogens is 195 g/mol. The maximum Gasteiger partial charge on any atom is 0.148 e. The highest BCUT2D eigenvalue weighted by atomic mass is 19.1. The molecule has 0 saturated carbocycles. The molecule has 0 aliphatic heterocycles. The highest BCUT2D eigenvalue weighted by Crippen LogP contribution is 2.16. The van der Waals surface area contributed by atoms with Crippen molar-refractivity contribution in [2.45, 2.75) is 6.04 Å². The number of halogens is 1. The molecule has 1 heterocycles. The van der Waals surface area contributed by atoms with E-state index in [0.717, 1.165) is 5.56 Å². The van der Waals surface area contributed by atoms with E-state index in [9.17, 15) is 4.39 Å². The molecule has 0 amide bonds. The van der Waals surface area contributed by atoms with Gasteiger partial charge in [-0.1, -0.05) is 12.1 Å². The third-order valence-electron chi connectivity index (χ3n) is 2.25. The maximum atomic E-state index is 12.7. The molecule has 5 heteroatoms. The zero-order valence-corrected chi connectivity index (χ0v) is 8.26. The van der Waals surface area contributed by atoms with Crippen molar-refractivity contribution in [1.29, 1.82) is 0 Å². The van der Waals surface area contributed by atoms with Crippen molar-refractivity contribution in [3.05, 3.63) is 47.8 Å². The Kier molecular flexibility index (Phi) is 2.47. The first-order valence-corrected chi connectivity index (χ1v) is 4.53. The van der Waals surface area contributed by atoms with Gasteiger partial charge in [0, 0.05) is 7.05 Å². The molecule has 1 aromatic heterocycles. The Morgan fingerprint density at radius 3 is 2.53 bits per heavy atom. The van der Waals surface area contributed by atoms with Gasteiger partial charge in [0.15, 0.2) is 0 Å². The summed E-state index contributed by atoms with van der Waals surface area (Å²) in [5, 5.41) is 3.93. The van der Waals surface area contributed by atoms with Gasteiger partial charge in [-0.25, -0.2) is 9.37 Å². The summed E-state index contributed by atoms with van der Waals surface area (Å²) >= 11 is 0. The molecule has 78 valence electrons. The van der Waals surface area contributed by atoms with E-state index in [4.69, 9.17) is 5.73 Å². The molecule has 15 heavy (non-hydrogen) atoms. The van der Waals surface area contributed by atoms with Crippen LogP contribution in [0.5, 0.6) is 0 Å². The quantitative estimate of drug-likeness (QED) is 0.797. The smallest absolute Gasteiger partial charge is 0.148 e. The lowest BCUT2D eigenvalue weighted by molar-refractivity contribution is 0.623. The lowest BCUT2D eigenvalue weighted by Gasteiger charge is -2.10. The first-order chi connectivity index (χ1) is 7.18. The van der Waals surface area contributed by atoms with Gasteiger partial charge >= 0.3 is 0 Å². The molecule has 1 atom stereocenters. The van der Waals surface area contributed by atoms with Crippen LogP contribution in [0.4, 0.5) is 4.39 Å². The molecule has 4 nitrogen and oxygen atoms in total. The average molecular weight is 206 g/mol. The van der Waals surface area contributed by atoms with Crippen molar-refractivity contribution in [2.24, 2.45) is 12.8 Å². The highest BCUT2D eigenvalue weighted by molar-refractivity contribution is 5.24. The van der Waals surface area contributed by atoms with E-state index in [1.807, 2.05) is 0 Å². The Hall–Kier alpha value is -1.75. The van der Waals surface area contributed by atoms with E-state index in [1.54, 1.807) is 23.9 Å². The summed E-state index contributed by atoms with van der Waals surface area (Å²) in [6.45, 7) is 0. The summed E-state index contributed by atoms with van der Waals surface area (Å²) in [4.78, 5) is 4.05. The molecule has 1 aromatic carbocycles. The first kappa shape index (κ1) is 9.79. The van der Waals surface area contributed by atoms with Crippen LogP contribution >= 0.6 is 0 Å². The third kappa shape index (κ3) is 1.87. The third-order valence-corrected chi connectivity index (χ3v) is 2.25. The van der Waals surface area contributed by atoms with Crippen molar-refractivity contribution in [3.63, 3.8) is 0 Å². The number of benzene rings is 1. The standard InChI is InChI=1S/C10H11FN4/c1-15-10(13-6-14-15)9(12)7-2-4-8(11)5-3-7/h2-6,9H,12H2,1H3. The van der Waals surface area contributed by atoms with Gasteiger partial charge in [-0.3, -0.25) is 4.68 Å². The van der Waals surface area contributed by atoms with Crippen LogP contribution in [0.2, 0.25) is 0 Å². The van der Waals surface area contributed by atoms with Crippen LogP contribution in [0, 0.1) is 5.82 Å². The monoisotopic (exact) mass is 206 g/mol. The minimum absolute atomic E-state index is 0.274. The van der Waals surface area contributed by atoms with Gasteiger partial charge in [0.05, 0.1) is 6.04 Å². The summed E-state index contributed by atoms with van der Waals surface area (Å²) < 4.78 is 14.3. The fourth-order valence-electron chi connectivity index (χ4n) is 1.41. The Labute approximate surface area is 86.6 Å². The largest absolute Gasteiger partial charge is 0.318 e. The van der Waals surface area contributed by atoms with E-state index in [2.05, 4.69) is 10.1 Å². The Balaban J connectivity index is 2.32. The van der Waals surface area contributed by atoms with Gasteiger partial charge in [0.25, 0.3) is 0 Å². The fourth-order valence-corrected chi connectivity index (χ4v) is 1.41. The number of aromatic nitrogens is 3. The minimum Gasteiger partial charge on any atom is -0.318 e. The van der Waals surface area contributed by atoms with Gasteiger partial charge in [-0.05, 0) is 17.7 Å². The zero-order valence-electron chi connectivity index (χ0n) is 8.26. The average Bonchev–Trinajstić information content (AvgIpc) is 2.65. The minimum atomic E-state index is -0.377. The second-order valence-corrected chi connectivity index (χ2v) is 3.27. The van der Waals surface area contributed by atoms with E-state index in [0.29, 0.717) is 5.82 Å². The normalized spacial score (nSPS) is 12.7. The Bertz CT molecular complexity index is 449. The molecule has 0 radical (unpaired) electrons. The predicted molar refractivity (Wildman–Crippen MR) is 53.4 cm³/mol. The topological polar surface area (TPSA) is 56.7 Å². The van der Waals surface area contributed by atoms with Crippen LogP contribution < -0.4 is 5.73 Å². The molecule has 2 N–H and O–H groups in total. The second-order valence-electron chi connectivity index (χ2n) is 3.27. The van der Waals surface area contributed by atoms with E-state index < -0.39 is 0 Å². The molecular formula is C10H11FN4. The number of hydrogen-bond donors (Lipinski definition) is 1. The first-order valence-electron chi connectivity index (χ1n) is 4.53. The molecule has 0 saturated heterocycles. The Morgan fingerprint density at radius 2 is 2.00 bits per heavy atom. The maximum absolute atomic E-state index is 12.7. The molecule has 1 unspecified atom stereocenters. The van der Waals surface area contributed by atoms with Gasteiger partial charge in [0.1, 0.15) is 18.0 Å². The number of hydrogen-bond acceptors (Lipinski definition) is 3. The van der Waals surface area contributed by atoms with Crippen LogP contribution in [0.15, 0.2) is 30.6 Å². The van der Waals surface area contributed by atoms with Crippen LogP contribution in [-0.4, -0.2) is 14.8 Å². The van der Waals surface area contributed by atoms with Crippen LogP contribution in [0.1, 0.15) is 17.4 Å². The van der Waals surface area contributed by atoms with Crippen molar-refractivity contribution in [3.8, 4) is 0 Å².